The van der Waals surface area contributed by atoms with Gasteiger partial charge in [-0.15, -0.1) is 0 Å². The molecule has 0 saturated heterocycles. The fraction of sp³-hybridized carbons (Fsp3) is 0.800. The Morgan fingerprint density at radius 3 is 2.75 bits per heavy atom. The molecule has 0 radical (unpaired) electrons. The van der Waals surface area contributed by atoms with Crippen molar-refractivity contribution < 1.29 is 8.78 Å². The van der Waals surface area contributed by atoms with Gasteiger partial charge in [-0.2, -0.15) is 5.10 Å². The molecule has 1 N–H and O–H groups in total. The van der Waals surface area contributed by atoms with Crippen LogP contribution in [0.4, 0.5) is 8.78 Å². The number of rotatable bonds is 6. The van der Waals surface area contributed by atoms with Crippen molar-refractivity contribution in [2.45, 2.75) is 63.8 Å². The van der Waals surface area contributed by atoms with Gasteiger partial charge in [0, 0.05) is 36.6 Å². The summed E-state index contributed by atoms with van der Waals surface area (Å²) in [5, 5.41) is 7.17. The second-order valence-electron chi connectivity index (χ2n) is 6.03. The number of unbranched alkanes of at least 4 members (excludes halogenated alkanes) is 1. The third-order valence-corrected chi connectivity index (χ3v) is 4.21. The molecular formula is C15H25F2N3. The van der Waals surface area contributed by atoms with E-state index in [4.69, 9.17) is 0 Å². The second kappa shape index (κ2) is 6.66. The van der Waals surface area contributed by atoms with E-state index in [0.717, 1.165) is 18.8 Å². The number of nitrogens with zero attached hydrogens (tertiary/aromatic N) is 2. The van der Waals surface area contributed by atoms with Gasteiger partial charge in [-0.25, -0.2) is 8.78 Å². The Morgan fingerprint density at radius 1 is 1.40 bits per heavy atom. The Morgan fingerprint density at radius 2 is 2.10 bits per heavy atom. The third-order valence-electron chi connectivity index (χ3n) is 4.21. The first-order valence-electron chi connectivity index (χ1n) is 7.60. The molecule has 1 aromatic rings. The highest BCUT2D eigenvalue weighted by Crippen LogP contribution is 2.41. The molecule has 2 rings (SSSR count). The first-order valence-corrected chi connectivity index (χ1v) is 7.60. The summed E-state index contributed by atoms with van der Waals surface area (Å²) in [7, 11) is 2.10. The van der Waals surface area contributed by atoms with Crippen LogP contribution >= 0.6 is 0 Å². The van der Waals surface area contributed by atoms with Gasteiger partial charge in [0.15, 0.2) is 0 Å². The van der Waals surface area contributed by atoms with Gasteiger partial charge in [0.1, 0.15) is 0 Å². The Kier molecular flexibility index (Phi) is 5.13. The molecule has 5 heteroatoms. The van der Waals surface area contributed by atoms with E-state index in [1.165, 1.54) is 18.4 Å². The fourth-order valence-electron chi connectivity index (χ4n) is 2.93. The molecule has 1 heterocycles. The van der Waals surface area contributed by atoms with Crippen molar-refractivity contribution in [1.29, 1.82) is 0 Å². The average Bonchev–Trinajstić information content (AvgIpc) is 2.84. The maximum atomic E-state index is 13.2. The second-order valence-corrected chi connectivity index (χ2v) is 6.03. The van der Waals surface area contributed by atoms with Crippen LogP contribution in [0.25, 0.3) is 0 Å². The van der Waals surface area contributed by atoms with Gasteiger partial charge >= 0.3 is 0 Å². The van der Waals surface area contributed by atoms with E-state index < -0.39 is 5.92 Å². The zero-order valence-corrected chi connectivity index (χ0v) is 12.5. The van der Waals surface area contributed by atoms with E-state index in [-0.39, 0.29) is 18.8 Å². The Hall–Kier alpha value is -0.970. The van der Waals surface area contributed by atoms with E-state index in [9.17, 15) is 8.78 Å². The molecule has 0 unspecified atom stereocenters. The van der Waals surface area contributed by atoms with Gasteiger partial charge in [0.05, 0.1) is 6.20 Å². The SMILES string of the molecule is CCCCN(C)Cc1cn[nH]c1C1CCC(F)(F)CC1. The molecule has 0 aliphatic heterocycles. The number of nitrogens with one attached hydrogen (secondary N) is 1. The Balaban J connectivity index is 1.95. The summed E-state index contributed by atoms with van der Waals surface area (Å²) in [4.78, 5) is 2.27. The van der Waals surface area contributed by atoms with E-state index in [1.54, 1.807) is 0 Å². The van der Waals surface area contributed by atoms with Gasteiger partial charge in [-0.1, -0.05) is 13.3 Å². The summed E-state index contributed by atoms with van der Waals surface area (Å²) in [6, 6.07) is 0. The van der Waals surface area contributed by atoms with E-state index in [1.807, 2.05) is 6.20 Å². The Labute approximate surface area is 119 Å². The minimum Gasteiger partial charge on any atom is -0.302 e. The van der Waals surface area contributed by atoms with Gasteiger partial charge in [0.2, 0.25) is 5.92 Å². The highest BCUT2D eigenvalue weighted by atomic mass is 19.3. The number of aromatic amines is 1. The Bertz CT molecular complexity index is 407. The number of halogens is 2. The van der Waals surface area contributed by atoms with Crippen molar-refractivity contribution in [2.24, 2.45) is 0 Å². The summed E-state index contributed by atoms with van der Waals surface area (Å²) in [5.74, 6) is -2.25. The topological polar surface area (TPSA) is 31.9 Å². The van der Waals surface area contributed by atoms with Crippen molar-refractivity contribution in [3.8, 4) is 0 Å². The van der Waals surface area contributed by atoms with Crippen LogP contribution in [0.2, 0.25) is 0 Å². The van der Waals surface area contributed by atoms with E-state index in [2.05, 4.69) is 29.1 Å². The molecule has 0 spiro atoms. The molecule has 20 heavy (non-hydrogen) atoms. The highest BCUT2D eigenvalue weighted by molar-refractivity contribution is 5.21. The molecule has 1 aliphatic rings. The minimum atomic E-state index is -2.46. The first kappa shape index (κ1) is 15.4. The predicted octanol–water partition coefficient (Wildman–Crippen LogP) is 3.93. The number of hydrogen-bond donors (Lipinski definition) is 1. The zero-order valence-electron chi connectivity index (χ0n) is 12.5. The van der Waals surface area contributed by atoms with E-state index in [0.29, 0.717) is 12.8 Å². The smallest absolute Gasteiger partial charge is 0.248 e. The summed E-state index contributed by atoms with van der Waals surface area (Å²) in [6.45, 7) is 4.09. The van der Waals surface area contributed by atoms with Crippen molar-refractivity contribution >= 4 is 0 Å². The summed E-state index contributed by atoms with van der Waals surface area (Å²) in [6.07, 6.45) is 5.33. The molecule has 1 fully saturated rings. The van der Waals surface area contributed by atoms with Crippen LogP contribution in [0.1, 0.15) is 62.6 Å². The van der Waals surface area contributed by atoms with Gasteiger partial charge in [0.25, 0.3) is 0 Å². The standard InChI is InChI=1S/C15H25F2N3/c1-3-4-9-20(2)11-13-10-18-19-14(13)12-5-7-15(16,17)8-6-12/h10,12H,3-9,11H2,1-2H3,(H,18,19). The quantitative estimate of drug-likeness (QED) is 0.858. The normalized spacial score (nSPS) is 19.6. The summed E-state index contributed by atoms with van der Waals surface area (Å²) >= 11 is 0. The molecule has 1 aromatic heterocycles. The minimum absolute atomic E-state index is 0.00179. The van der Waals surface area contributed by atoms with Crippen molar-refractivity contribution in [1.82, 2.24) is 15.1 Å². The largest absolute Gasteiger partial charge is 0.302 e. The molecule has 1 aliphatic carbocycles. The van der Waals surface area contributed by atoms with Crippen LogP contribution in [0.5, 0.6) is 0 Å². The lowest BCUT2D eigenvalue weighted by atomic mass is 9.83. The molecule has 114 valence electrons. The molecule has 0 aromatic carbocycles. The monoisotopic (exact) mass is 285 g/mol. The van der Waals surface area contributed by atoms with Crippen LogP contribution in [0, 0.1) is 0 Å². The van der Waals surface area contributed by atoms with Gasteiger partial charge in [-0.05, 0) is 32.9 Å². The van der Waals surface area contributed by atoms with Gasteiger partial charge in [-0.3, -0.25) is 5.10 Å². The lowest BCUT2D eigenvalue weighted by molar-refractivity contribution is -0.0385. The number of H-pyrrole nitrogens is 1. The van der Waals surface area contributed by atoms with Gasteiger partial charge < -0.3 is 4.90 Å². The molecule has 3 nitrogen and oxygen atoms in total. The highest BCUT2D eigenvalue weighted by Gasteiger charge is 2.36. The summed E-state index contributed by atoms with van der Waals surface area (Å²) < 4.78 is 26.5. The van der Waals surface area contributed by atoms with Crippen LogP contribution < -0.4 is 0 Å². The van der Waals surface area contributed by atoms with Crippen LogP contribution in [0.15, 0.2) is 6.20 Å². The third kappa shape index (κ3) is 4.01. The molecule has 1 saturated carbocycles. The zero-order chi connectivity index (χ0) is 14.6. The average molecular weight is 285 g/mol. The lowest BCUT2D eigenvalue weighted by Crippen LogP contribution is -2.25. The molecule has 0 amide bonds. The van der Waals surface area contributed by atoms with Crippen LogP contribution in [-0.2, 0) is 6.54 Å². The first-order chi connectivity index (χ1) is 9.52. The number of aromatic nitrogens is 2. The lowest BCUT2D eigenvalue weighted by Gasteiger charge is -2.28. The number of hydrogen-bond acceptors (Lipinski definition) is 2. The van der Waals surface area contributed by atoms with Crippen molar-refractivity contribution in [2.75, 3.05) is 13.6 Å². The maximum absolute atomic E-state index is 13.2. The van der Waals surface area contributed by atoms with Crippen LogP contribution in [-0.4, -0.2) is 34.6 Å². The van der Waals surface area contributed by atoms with Crippen LogP contribution in [0.3, 0.4) is 0 Å². The van der Waals surface area contributed by atoms with Crippen molar-refractivity contribution in [3.05, 3.63) is 17.5 Å². The maximum Gasteiger partial charge on any atom is 0.248 e. The van der Waals surface area contributed by atoms with E-state index >= 15 is 0 Å². The molecule has 0 atom stereocenters. The molecule has 0 bridgehead atoms. The van der Waals surface area contributed by atoms with Crippen molar-refractivity contribution in [3.63, 3.8) is 0 Å². The fourth-order valence-corrected chi connectivity index (χ4v) is 2.93. The summed E-state index contributed by atoms with van der Waals surface area (Å²) in [5.41, 5.74) is 2.24. The molecular weight excluding hydrogens is 260 g/mol. The predicted molar refractivity (Wildman–Crippen MR) is 76.0 cm³/mol. The number of alkyl halides is 2.